The number of pyridine rings is 1. The van der Waals surface area contributed by atoms with Gasteiger partial charge in [-0.25, -0.2) is 9.78 Å². The summed E-state index contributed by atoms with van der Waals surface area (Å²) in [5.74, 6) is -5.23. The Balaban J connectivity index is 1.21. The van der Waals surface area contributed by atoms with Crippen molar-refractivity contribution in [1.82, 2.24) is 24.3 Å². The number of carboxylic acids is 1. The van der Waals surface area contributed by atoms with E-state index < -0.39 is 96.9 Å². The molecular formula is C61H61N17O20S7. The van der Waals surface area contributed by atoms with Crippen molar-refractivity contribution >= 4 is 171 Å². The van der Waals surface area contributed by atoms with Crippen molar-refractivity contribution in [2.45, 2.75) is 54.7 Å². The number of hydrogen-bond donors (Lipinski definition) is 10. The van der Waals surface area contributed by atoms with Crippen LogP contribution in [0.3, 0.4) is 0 Å². The SMILES string of the molecule is COc1ccc2c(c1)nc1c(C#N)c(C)c(N=Nc3cc(C)c(N=Nc4cc(Nc5nc(NCCS(=O)(=O)O)nc(Nc6cccc(S(=O)(=O)O)c6)n5)c(N=Nc5cc(C)c(N=Nc6ccccc6C(=O)O)cc5SCCCS(=O)(=O)O)cc4SCCCS(=O)(=O)O)cc3OCCCS(=O)(=O)O)c(O)n12. The number of nitriles is 1. The number of carboxylic acid groups (broad SMARTS) is 1. The smallest absolute Gasteiger partial charge is 0.337 e. The molecule has 0 atom stereocenters. The zero-order valence-corrected chi connectivity index (χ0v) is 60.9. The lowest BCUT2D eigenvalue weighted by Crippen LogP contribution is -2.17. The molecule has 6 aromatic carbocycles. The van der Waals surface area contributed by atoms with Crippen LogP contribution in [0.2, 0.25) is 0 Å². The van der Waals surface area contributed by atoms with Crippen molar-refractivity contribution in [1.29, 1.82) is 5.26 Å². The minimum absolute atomic E-state index is 0.00288. The van der Waals surface area contributed by atoms with Crippen molar-refractivity contribution in [2.75, 3.05) is 70.7 Å². The van der Waals surface area contributed by atoms with Crippen molar-refractivity contribution in [3.8, 4) is 23.4 Å². The molecular weight excluding hydrogens is 1520 g/mol. The standard InChI is InChI=1S/C61H61N17O20S7/c1-34-25-48(74-77-55-36(3)41(33-62)56-65-47-28-38(97-4)15-16-51(47)78(56)57(55)79)52(98-18-8-21-101(82,83)84)30-43(34)71-76-50-29-45(66-61-68-59(63-17-24-104(91,92)93)67-60(69-61)64-37-11-7-12-39(27-37)105(94,95)96)46(32-54(50)100-20-10-23-103(88,89)90)73-75-49-26-35(2)44(31-53(49)99-19-9-22-102(85,86)87)72-70-42-14-6-5-13-40(42)58(80)81/h5-7,11-16,25-32,79H,8-10,17-24H2,1-4H3,(H,80,81)(H,82,83,84)(H,85,86,87)(H,88,89,90)(H,91,92,93)(H,94,95,96)(H3,63,64,66,67,68,69). The van der Waals surface area contributed by atoms with Gasteiger partial charge < -0.3 is 35.6 Å². The monoisotopic (exact) mass is 1580 g/mol. The second kappa shape index (κ2) is 33.6. The molecule has 0 radical (unpaired) electrons. The molecule has 9 rings (SSSR count). The average molecular weight is 1580 g/mol. The molecule has 0 saturated heterocycles. The van der Waals surface area contributed by atoms with E-state index in [1.807, 2.05) is 0 Å². The number of thioether (sulfide) groups is 2. The van der Waals surface area contributed by atoms with Crippen LogP contribution in [0.1, 0.15) is 51.9 Å². The molecule has 0 aliphatic heterocycles. The summed E-state index contributed by atoms with van der Waals surface area (Å²) in [4.78, 5) is 29.7. The van der Waals surface area contributed by atoms with Crippen LogP contribution < -0.4 is 25.4 Å². The van der Waals surface area contributed by atoms with Crippen LogP contribution in [0.15, 0.2) is 159 Å². The third-order valence-electron chi connectivity index (χ3n) is 14.5. The van der Waals surface area contributed by atoms with E-state index in [1.54, 1.807) is 38.1 Å². The number of fused-ring (bicyclic) bond motifs is 3. The second-order valence-corrected chi connectivity index (χ2v) is 32.3. The van der Waals surface area contributed by atoms with Crippen LogP contribution in [-0.4, -0.2) is 160 Å². The summed E-state index contributed by atoms with van der Waals surface area (Å²) in [6, 6.07) is 26.3. The van der Waals surface area contributed by atoms with Crippen LogP contribution in [-0.2, 0) is 50.6 Å². The molecule has 0 saturated carbocycles. The fourth-order valence-corrected chi connectivity index (χ4v) is 14.2. The number of ether oxygens (including phenoxy) is 2. The minimum atomic E-state index is -4.75. The van der Waals surface area contributed by atoms with Gasteiger partial charge in [-0.3, -0.25) is 27.2 Å². The first-order chi connectivity index (χ1) is 49.5. The minimum Gasteiger partial charge on any atom is -0.497 e. The van der Waals surface area contributed by atoms with Crippen molar-refractivity contribution in [3.05, 3.63) is 131 Å². The third-order valence-corrected chi connectivity index (χ3v) is 20.7. The van der Waals surface area contributed by atoms with E-state index in [0.29, 0.717) is 32.8 Å². The van der Waals surface area contributed by atoms with E-state index in [1.165, 1.54) is 85.2 Å². The first-order valence-corrected chi connectivity index (χ1v) is 40.3. The Hall–Kier alpha value is -10.3. The Kier molecular flexibility index (Phi) is 25.3. The lowest BCUT2D eigenvalue weighted by molar-refractivity contribution is 0.0697. The maximum atomic E-state index is 12.2. The molecule has 0 aliphatic carbocycles. The van der Waals surface area contributed by atoms with E-state index in [9.17, 15) is 85.1 Å². The molecule has 0 spiro atoms. The fraction of sp³-hybridized carbons (Fsp3) is 0.246. The van der Waals surface area contributed by atoms with Crippen LogP contribution in [0.4, 0.5) is 74.7 Å². The number of carbonyl (C=O) groups is 1. The number of hydrogen-bond acceptors (Lipinski definition) is 32. The number of aromatic nitrogens is 5. The highest BCUT2D eigenvalue weighted by Crippen LogP contribution is 2.46. The second-order valence-electron chi connectivity index (χ2n) is 22.3. The number of aromatic carboxylic acids is 1. The Labute approximate surface area is 607 Å². The summed E-state index contributed by atoms with van der Waals surface area (Å²) in [6.45, 7) is 3.92. The number of anilines is 5. The highest BCUT2D eigenvalue weighted by Gasteiger charge is 2.24. The summed E-state index contributed by atoms with van der Waals surface area (Å²) in [6.07, 6.45) is -0.429. The number of aromatic hydroxyl groups is 1. The Bertz CT molecular complexity index is 5650. The first kappa shape index (κ1) is 78.8. The van der Waals surface area contributed by atoms with Gasteiger partial charge in [0, 0.05) is 39.7 Å². The largest absolute Gasteiger partial charge is 0.497 e. The van der Waals surface area contributed by atoms with Crippen molar-refractivity contribution in [3.63, 3.8) is 0 Å². The lowest BCUT2D eigenvalue weighted by Gasteiger charge is -2.15. The number of rotatable bonds is 34. The number of benzene rings is 6. The zero-order chi connectivity index (χ0) is 76.2. The quantitative estimate of drug-likeness (QED) is 0.00775. The summed E-state index contributed by atoms with van der Waals surface area (Å²) < 4.78 is 180. The molecule has 0 fully saturated rings. The molecule has 3 heterocycles. The summed E-state index contributed by atoms with van der Waals surface area (Å²) in [5.41, 5.74) is 1.75. The maximum Gasteiger partial charge on any atom is 0.337 e. The predicted molar refractivity (Wildman–Crippen MR) is 387 cm³/mol. The number of aryl methyl sites for hydroxylation is 2. The van der Waals surface area contributed by atoms with Gasteiger partial charge in [-0.1, -0.05) is 18.2 Å². The van der Waals surface area contributed by atoms with E-state index in [-0.39, 0.29) is 145 Å². The number of imidazole rings is 1. The van der Waals surface area contributed by atoms with Gasteiger partial charge in [0.05, 0.1) is 81.0 Å². The molecule has 44 heteroatoms. The molecule has 3 aromatic heterocycles. The predicted octanol–water partition coefficient (Wildman–Crippen LogP) is 13.0. The van der Waals surface area contributed by atoms with Gasteiger partial charge in [-0.15, -0.1) is 54.2 Å². The van der Waals surface area contributed by atoms with E-state index in [0.717, 1.165) is 35.7 Å². The average Bonchev–Trinajstić information content (AvgIpc) is 1.60. The summed E-state index contributed by atoms with van der Waals surface area (Å²) in [7, 11) is -21.2. The zero-order valence-electron chi connectivity index (χ0n) is 55.1. The number of nitrogens with one attached hydrogen (secondary N) is 3. The topological polar surface area (TPSA) is 563 Å². The Morgan fingerprint density at radius 3 is 1.75 bits per heavy atom. The first-order valence-electron chi connectivity index (χ1n) is 30.4. The van der Waals surface area contributed by atoms with Crippen LogP contribution in [0.25, 0.3) is 16.7 Å². The van der Waals surface area contributed by atoms with Crippen LogP contribution in [0, 0.1) is 32.1 Å². The van der Waals surface area contributed by atoms with Crippen LogP contribution >= 0.6 is 23.5 Å². The highest BCUT2D eigenvalue weighted by molar-refractivity contribution is 7.99. The van der Waals surface area contributed by atoms with Gasteiger partial charge in [0.1, 0.15) is 45.9 Å². The summed E-state index contributed by atoms with van der Waals surface area (Å²) >= 11 is 2.08. The van der Waals surface area contributed by atoms with Gasteiger partial charge >= 0.3 is 5.97 Å². The Morgan fingerprint density at radius 2 is 1.13 bits per heavy atom. The van der Waals surface area contributed by atoms with E-state index >= 15 is 0 Å². The van der Waals surface area contributed by atoms with Gasteiger partial charge in [0.2, 0.25) is 23.7 Å². The third kappa shape index (κ3) is 22.1. The summed E-state index contributed by atoms with van der Waals surface area (Å²) in [5, 5.41) is 76.3. The number of nitrogens with zero attached hydrogens (tertiary/aromatic N) is 14. The maximum absolute atomic E-state index is 12.2. The molecule has 105 heavy (non-hydrogen) atoms. The fourth-order valence-electron chi connectivity index (χ4n) is 9.53. The molecule has 0 unspecified atom stereocenters. The lowest BCUT2D eigenvalue weighted by atomic mass is 10.1. The number of methoxy groups -OCH3 is 1. The molecule has 37 nitrogen and oxygen atoms in total. The van der Waals surface area contributed by atoms with Crippen molar-refractivity contribution in [2.24, 2.45) is 40.9 Å². The van der Waals surface area contributed by atoms with Gasteiger partial charge in [0.15, 0.2) is 11.3 Å². The molecule has 9 aromatic rings. The van der Waals surface area contributed by atoms with Gasteiger partial charge in [0.25, 0.3) is 50.6 Å². The molecule has 0 aliphatic rings. The highest BCUT2D eigenvalue weighted by atomic mass is 32.2. The Morgan fingerprint density at radius 1 is 0.581 bits per heavy atom. The normalized spacial score (nSPS) is 12.5. The van der Waals surface area contributed by atoms with Gasteiger partial charge in [-0.2, -0.15) is 72.5 Å². The number of azo groups is 4. The molecule has 0 amide bonds. The van der Waals surface area contributed by atoms with Gasteiger partial charge in [-0.05, 0) is 135 Å². The molecule has 0 bridgehead atoms. The van der Waals surface area contributed by atoms with Crippen LogP contribution in [0.5, 0.6) is 17.4 Å². The van der Waals surface area contributed by atoms with E-state index in [4.69, 9.17) is 9.47 Å². The van der Waals surface area contributed by atoms with E-state index in [2.05, 4.69) is 82.9 Å². The molecule has 552 valence electrons. The molecule has 10 N–H and O–H groups in total. The van der Waals surface area contributed by atoms with Crippen molar-refractivity contribution < 1.29 is 89.3 Å².